The molecule has 1 aliphatic rings. The number of hydrogen-bond donors (Lipinski definition) is 2. The van der Waals surface area contributed by atoms with Crippen molar-refractivity contribution in [3.8, 4) is 5.75 Å². The van der Waals surface area contributed by atoms with Crippen LogP contribution in [0, 0.1) is 5.92 Å². The maximum atomic E-state index is 12.1. The SMILES string of the molecule is O=C(NNC(=O)C1CCCC1)c1ccc(COc2ccc(Cl)cc2)cc1. The third kappa shape index (κ3) is 4.99. The van der Waals surface area contributed by atoms with Crippen molar-refractivity contribution in [1.82, 2.24) is 10.9 Å². The van der Waals surface area contributed by atoms with E-state index < -0.39 is 0 Å². The summed E-state index contributed by atoms with van der Waals surface area (Å²) in [6.07, 6.45) is 3.94. The molecule has 136 valence electrons. The lowest BCUT2D eigenvalue weighted by Gasteiger charge is -2.11. The molecule has 0 spiro atoms. The van der Waals surface area contributed by atoms with E-state index in [-0.39, 0.29) is 17.7 Å². The fourth-order valence-electron chi connectivity index (χ4n) is 2.93. The van der Waals surface area contributed by atoms with Crippen LogP contribution in [-0.4, -0.2) is 11.8 Å². The van der Waals surface area contributed by atoms with Gasteiger partial charge in [-0.05, 0) is 54.8 Å². The van der Waals surface area contributed by atoms with E-state index in [2.05, 4.69) is 10.9 Å². The van der Waals surface area contributed by atoms with Gasteiger partial charge < -0.3 is 4.74 Å². The molecular formula is C20H21ClN2O3. The molecule has 5 nitrogen and oxygen atoms in total. The summed E-state index contributed by atoms with van der Waals surface area (Å²) in [6, 6.07) is 14.2. The van der Waals surface area contributed by atoms with Crippen molar-refractivity contribution in [2.75, 3.05) is 0 Å². The standard InChI is InChI=1S/C20H21ClN2O3/c21-17-9-11-18(12-10-17)26-13-14-5-7-16(8-6-14)20(25)23-22-19(24)15-3-1-2-4-15/h5-12,15H,1-4,13H2,(H,22,24)(H,23,25). The largest absolute Gasteiger partial charge is 0.489 e. The van der Waals surface area contributed by atoms with E-state index >= 15 is 0 Å². The second kappa shape index (κ2) is 8.72. The minimum Gasteiger partial charge on any atom is -0.489 e. The van der Waals surface area contributed by atoms with Gasteiger partial charge in [0.25, 0.3) is 5.91 Å². The average Bonchev–Trinajstić information content (AvgIpc) is 3.21. The molecule has 1 aliphatic carbocycles. The summed E-state index contributed by atoms with van der Waals surface area (Å²) in [7, 11) is 0. The van der Waals surface area contributed by atoms with Gasteiger partial charge in [-0.3, -0.25) is 20.4 Å². The molecule has 2 aromatic rings. The van der Waals surface area contributed by atoms with Gasteiger partial charge in [0.05, 0.1) is 0 Å². The van der Waals surface area contributed by atoms with Crippen LogP contribution in [0.4, 0.5) is 0 Å². The Hall–Kier alpha value is -2.53. The molecule has 6 heteroatoms. The highest BCUT2D eigenvalue weighted by atomic mass is 35.5. The third-order valence-electron chi connectivity index (χ3n) is 4.46. The smallest absolute Gasteiger partial charge is 0.269 e. The Morgan fingerprint density at radius 2 is 1.62 bits per heavy atom. The summed E-state index contributed by atoms with van der Waals surface area (Å²) in [5, 5.41) is 0.660. The molecular weight excluding hydrogens is 352 g/mol. The Morgan fingerprint density at radius 3 is 2.27 bits per heavy atom. The molecule has 1 saturated carbocycles. The van der Waals surface area contributed by atoms with Gasteiger partial charge in [-0.2, -0.15) is 0 Å². The van der Waals surface area contributed by atoms with Crippen LogP contribution < -0.4 is 15.6 Å². The van der Waals surface area contributed by atoms with Gasteiger partial charge in [0.15, 0.2) is 0 Å². The molecule has 26 heavy (non-hydrogen) atoms. The van der Waals surface area contributed by atoms with Gasteiger partial charge in [0.1, 0.15) is 12.4 Å². The zero-order valence-corrected chi connectivity index (χ0v) is 15.1. The van der Waals surface area contributed by atoms with Crippen molar-refractivity contribution in [2.24, 2.45) is 5.92 Å². The number of halogens is 1. The van der Waals surface area contributed by atoms with Crippen molar-refractivity contribution in [1.29, 1.82) is 0 Å². The monoisotopic (exact) mass is 372 g/mol. The lowest BCUT2D eigenvalue weighted by molar-refractivity contribution is -0.125. The fourth-order valence-corrected chi connectivity index (χ4v) is 3.06. The number of benzene rings is 2. The Kier molecular flexibility index (Phi) is 6.12. The highest BCUT2D eigenvalue weighted by Crippen LogP contribution is 2.24. The molecule has 2 N–H and O–H groups in total. The molecule has 0 heterocycles. The summed E-state index contributed by atoms with van der Waals surface area (Å²) < 4.78 is 5.67. The minimum absolute atomic E-state index is 0.0164. The second-order valence-corrected chi connectivity index (χ2v) is 6.80. The van der Waals surface area contributed by atoms with Crippen LogP contribution >= 0.6 is 11.6 Å². The van der Waals surface area contributed by atoms with Crippen LogP contribution in [0.15, 0.2) is 48.5 Å². The zero-order chi connectivity index (χ0) is 18.4. The van der Waals surface area contributed by atoms with Crippen LogP contribution in [0.1, 0.15) is 41.6 Å². The molecule has 0 radical (unpaired) electrons. The van der Waals surface area contributed by atoms with E-state index in [0.717, 1.165) is 37.0 Å². The Balaban J connectivity index is 1.47. The Bertz CT molecular complexity index is 754. The number of nitrogens with one attached hydrogen (secondary N) is 2. The quantitative estimate of drug-likeness (QED) is 0.783. The normalized spacial score (nSPS) is 14.0. The van der Waals surface area contributed by atoms with E-state index in [9.17, 15) is 9.59 Å². The topological polar surface area (TPSA) is 67.4 Å². The van der Waals surface area contributed by atoms with Crippen LogP contribution in [0.5, 0.6) is 5.75 Å². The molecule has 0 bridgehead atoms. The highest BCUT2D eigenvalue weighted by molar-refractivity contribution is 6.30. The first-order valence-electron chi connectivity index (χ1n) is 8.69. The van der Waals surface area contributed by atoms with Gasteiger partial charge in [0.2, 0.25) is 5.91 Å². The van der Waals surface area contributed by atoms with Crippen molar-refractivity contribution < 1.29 is 14.3 Å². The van der Waals surface area contributed by atoms with Gasteiger partial charge in [-0.25, -0.2) is 0 Å². The van der Waals surface area contributed by atoms with Gasteiger partial charge in [-0.15, -0.1) is 0 Å². The number of rotatable bonds is 5. The molecule has 2 aromatic carbocycles. The number of hydrazine groups is 1. The summed E-state index contributed by atoms with van der Waals surface area (Å²) in [4.78, 5) is 24.0. The molecule has 0 aliphatic heterocycles. The van der Waals surface area contributed by atoms with Crippen molar-refractivity contribution >= 4 is 23.4 Å². The van der Waals surface area contributed by atoms with Crippen LogP contribution in [0.3, 0.4) is 0 Å². The van der Waals surface area contributed by atoms with E-state index in [4.69, 9.17) is 16.3 Å². The van der Waals surface area contributed by atoms with Crippen LogP contribution in [-0.2, 0) is 11.4 Å². The molecule has 1 fully saturated rings. The number of carbonyl (C=O) groups is 2. The second-order valence-electron chi connectivity index (χ2n) is 6.36. The first kappa shape index (κ1) is 18.3. The number of carbonyl (C=O) groups excluding carboxylic acids is 2. The van der Waals surface area contributed by atoms with Crippen molar-refractivity contribution in [3.05, 3.63) is 64.7 Å². The lowest BCUT2D eigenvalue weighted by Crippen LogP contribution is -2.44. The fraction of sp³-hybridized carbons (Fsp3) is 0.300. The van der Waals surface area contributed by atoms with E-state index in [1.807, 2.05) is 12.1 Å². The molecule has 3 rings (SSSR count). The van der Waals surface area contributed by atoms with Crippen molar-refractivity contribution in [2.45, 2.75) is 32.3 Å². The maximum absolute atomic E-state index is 12.1. The number of amides is 2. The predicted octanol–water partition coefficient (Wildman–Crippen LogP) is 3.87. The van der Waals surface area contributed by atoms with Crippen LogP contribution in [0.2, 0.25) is 5.02 Å². The minimum atomic E-state index is -0.332. The summed E-state index contributed by atoms with van der Waals surface area (Å²) in [5.74, 6) is 0.305. The molecule has 0 atom stereocenters. The van der Waals surface area contributed by atoms with E-state index in [0.29, 0.717) is 17.2 Å². The first-order valence-corrected chi connectivity index (χ1v) is 9.07. The Labute approximate surface area is 157 Å². The number of ether oxygens (including phenoxy) is 1. The summed E-state index contributed by atoms with van der Waals surface area (Å²) >= 11 is 5.84. The zero-order valence-electron chi connectivity index (χ0n) is 14.3. The number of hydrogen-bond acceptors (Lipinski definition) is 3. The molecule has 0 saturated heterocycles. The molecule has 0 unspecified atom stereocenters. The lowest BCUT2D eigenvalue weighted by atomic mass is 10.1. The van der Waals surface area contributed by atoms with E-state index in [1.54, 1.807) is 36.4 Å². The van der Waals surface area contributed by atoms with Crippen molar-refractivity contribution in [3.63, 3.8) is 0 Å². The third-order valence-corrected chi connectivity index (χ3v) is 4.71. The molecule has 2 amide bonds. The molecule has 0 aromatic heterocycles. The first-order chi connectivity index (χ1) is 12.6. The van der Waals surface area contributed by atoms with Crippen LogP contribution in [0.25, 0.3) is 0 Å². The summed E-state index contributed by atoms with van der Waals surface area (Å²) in [6.45, 7) is 0.391. The van der Waals surface area contributed by atoms with Gasteiger partial charge in [-0.1, -0.05) is 36.6 Å². The predicted molar refractivity (Wildman–Crippen MR) is 99.8 cm³/mol. The van der Waals surface area contributed by atoms with E-state index in [1.165, 1.54) is 0 Å². The summed E-state index contributed by atoms with van der Waals surface area (Å²) in [5.41, 5.74) is 6.41. The maximum Gasteiger partial charge on any atom is 0.269 e. The van der Waals surface area contributed by atoms with Gasteiger partial charge in [0, 0.05) is 16.5 Å². The average molecular weight is 373 g/mol. The van der Waals surface area contributed by atoms with Gasteiger partial charge >= 0.3 is 0 Å². The Morgan fingerprint density at radius 1 is 0.962 bits per heavy atom. The highest BCUT2D eigenvalue weighted by Gasteiger charge is 2.22.